The fourth-order valence-corrected chi connectivity index (χ4v) is 6.04. The van der Waals surface area contributed by atoms with Gasteiger partial charge in [-0.05, 0) is 71.1 Å². The highest BCUT2D eigenvalue weighted by atomic mass is 32.2. The minimum absolute atomic E-state index is 0.147. The molecule has 13 heteroatoms. The summed E-state index contributed by atoms with van der Waals surface area (Å²) in [5, 5.41) is 3.67. The summed E-state index contributed by atoms with van der Waals surface area (Å²) < 4.78 is 43.3. The Hall–Kier alpha value is -3.22. The molecule has 3 aliphatic heterocycles. The molecule has 2 N–H and O–H groups in total. The minimum Gasteiger partial charge on any atom is -0.371 e. The summed E-state index contributed by atoms with van der Waals surface area (Å²) in [5.74, 6) is 1.17. The van der Waals surface area contributed by atoms with Crippen molar-refractivity contribution in [3.05, 3.63) is 42.8 Å². The number of amides is 3. The Bertz CT molecular complexity index is 1250. The van der Waals surface area contributed by atoms with Crippen LogP contribution in [0.4, 0.5) is 29.6 Å². The van der Waals surface area contributed by atoms with Crippen LogP contribution in [0.5, 0.6) is 0 Å². The van der Waals surface area contributed by atoms with Crippen LogP contribution >= 0.6 is 11.9 Å². The van der Waals surface area contributed by atoms with Gasteiger partial charge in [0, 0.05) is 50.2 Å². The molecule has 2 saturated heterocycles. The van der Waals surface area contributed by atoms with E-state index < -0.39 is 30.1 Å². The molecule has 1 unspecified atom stereocenters. The van der Waals surface area contributed by atoms with Crippen LogP contribution in [0.2, 0.25) is 0 Å². The molecule has 0 spiro atoms. The van der Waals surface area contributed by atoms with Gasteiger partial charge in [0.15, 0.2) is 0 Å². The molecule has 1 aromatic heterocycles. The van der Waals surface area contributed by atoms with Crippen LogP contribution in [0.15, 0.2) is 42.2 Å². The highest BCUT2D eigenvalue weighted by Crippen LogP contribution is 2.41. The van der Waals surface area contributed by atoms with E-state index in [4.69, 9.17) is 4.98 Å². The fraction of sp³-hybridized carbons (Fsp3) is 0.571. The monoisotopic (exact) mass is 593 g/mol. The smallest absolute Gasteiger partial charge is 0.371 e. The SMILES string of the molecule is C=C/C1=N\C(=C)NCCCC2CN(c3nc(N4CCN(CC(C)(C)C(F)(F)F)C4=O)ccc3C(=O)NS1)C(C)(C)C2. The Balaban J connectivity index is 1.68. The minimum atomic E-state index is -4.45. The van der Waals surface area contributed by atoms with Crippen LogP contribution in [-0.4, -0.2) is 71.3 Å². The van der Waals surface area contributed by atoms with Crippen LogP contribution in [0.1, 0.15) is 57.3 Å². The van der Waals surface area contributed by atoms with Gasteiger partial charge in [-0.15, -0.1) is 0 Å². The number of alkyl halides is 3. The molecule has 2 bridgehead atoms. The van der Waals surface area contributed by atoms with Gasteiger partial charge < -0.3 is 15.1 Å². The number of urea groups is 1. The molecule has 3 aliphatic rings. The number of hydrogen-bond donors (Lipinski definition) is 2. The summed E-state index contributed by atoms with van der Waals surface area (Å²) in [5.41, 5.74) is -2.05. The molecule has 41 heavy (non-hydrogen) atoms. The zero-order chi connectivity index (χ0) is 30.2. The van der Waals surface area contributed by atoms with Gasteiger partial charge in [-0.25, -0.2) is 14.8 Å². The van der Waals surface area contributed by atoms with Crippen LogP contribution < -0.4 is 19.8 Å². The average molecular weight is 594 g/mol. The number of nitrogens with zero attached hydrogens (tertiary/aromatic N) is 5. The van der Waals surface area contributed by atoms with Crippen molar-refractivity contribution in [2.45, 2.75) is 58.7 Å². The molecule has 0 saturated carbocycles. The van der Waals surface area contributed by atoms with Gasteiger partial charge in [0.1, 0.15) is 22.5 Å². The summed E-state index contributed by atoms with van der Waals surface area (Å²) in [6.07, 6.45) is -0.183. The van der Waals surface area contributed by atoms with Gasteiger partial charge in [0.2, 0.25) is 0 Å². The summed E-state index contributed by atoms with van der Waals surface area (Å²) in [6, 6.07) is 2.66. The van der Waals surface area contributed by atoms with Crippen LogP contribution in [-0.2, 0) is 0 Å². The largest absolute Gasteiger partial charge is 0.395 e. The molecular weight excluding hydrogens is 555 g/mol. The van der Waals surface area contributed by atoms with Crippen LogP contribution in [0.3, 0.4) is 0 Å². The first kappa shape index (κ1) is 30.7. The van der Waals surface area contributed by atoms with E-state index in [0.717, 1.165) is 45.1 Å². The predicted molar refractivity (Wildman–Crippen MR) is 157 cm³/mol. The number of hydrogen-bond acceptors (Lipinski definition) is 7. The number of halogens is 3. The third kappa shape index (κ3) is 6.65. The van der Waals surface area contributed by atoms with Crippen LogP contribution in [0, 0.1) is 11.3 Å². The Labute approximate surface area is 243 Å². The van der Waals surface area contributed by atoms with Crippen molar-refractivity contribution in [3.8, 4) is 0 Å². The first-order chi connectivity index (χ1) is 19.1. The molecule has 0 radical (unpaired) electrons. The highest BCUT2D eigenvalue weighted by Gasteiger charge is 2.50. The first-order valence-corrected chi connectivity index (χ1v) is 14.5. The number of carbonyl (C=O) groups excluding carboxylic acids is 2. The summed E-state index contributed by atoms with van der Waals surface area (Å²) in [7, 11) is 0. The van der Waals surface area contributed by atoms with E-state index >= 15 is 0 Å². The zero-order valence-corrected chi connectivity index (χ0v) is 24.8. The van der Waals surface area contributed by atoms with Crippen LogP contribution in [0.25, 0.3) is 0 Å². The van der Waals surface area contributed by atoms with Crippen molar-refractivity contribution in [2.24, 2.45) is 16.3 Å². The van der Waals surface area contributed by atoms with E-state index in [0.29, 0.717) is 47.1 Å². The van der Waals surface area contributed by atoms with E-state index in [2.05, 4.69) is 46.9 Å². The Morgan fingerprint density at radius 3 is 2.63 bits per heavy atom. The standard InChI is InChI=1S/C28H38F3N7O2S/c1-7-22-33-18(2)32-12-8-9-19-15-27(5,6)38(16-19)23-20(24(39)35-41-22)10-11-21(34-23)37-14-13-36(25(37)40)17-26(3,4)28(29,30)31/h7,10-11,19,32H,1-2,8-9,12-17H2,3-6H3,(H,35,39)/b33-22+. The van der Waals surface area contributed by atoms with Gasteiger partial charge in [-0.3, -0.25) is 14.4 Å². The Kier molecular flexibility index (Phi) is 8.68. The number of carbonyl (C=O) groups is 2. The van der Waals surface area contributed by atoms with Crippen molar-refractivity contribution in [1.29, 1.82) is 0 Å². The molecule has 3 amide bonds. The number of aliphatic imine (C=N–C) groups is 1. The van der Waals surface area contributed by atoms with Crippen molar-refractivity contribution < 1.29 is 22.8 Å². The second-order valence-electron chi connectivity index (χ2n) is 12.0. The van der Waals surface area contributed by atoms with Gasteiger partial charge in [0.25, 0.3) is 5.91 Å². The lowest BCUT2D eigenvalue weighted by molar-refractivity contribution is -0.214. The van der Waals surface area contributed by atoms with E-state index in [-0.39, 0.29) is 18.6 Å². The van der Waals surface area contributed by atoms with Gasteiger partial charge >= 0.3 is 12.2 Å². The zero-order valence-electron chi connectivity index (χ0n) is 24.0. The second kappa shape index (κ2) is 11.6. The van der Waals surface area contributed by atoms with E-state index in [1.165, 1.54) is 15.9 Å². The van der Waals surface area contributed by atoms with E-state index in [1.807, 2.05) is 0 Å². The molecule has 2 fully saturated rings. The average Bonchev–Trinajstić information content (AvgIpc) is 3.39. The third-order valence-corrected chi connectivity index (χ3v) is 8.59. The molecule has 0 aliphatic carbocycles. The molecule has 224 valence electrons. The number of rotatable bonds is 4. The number of pyridine rings is 1. The van der Waals surface area contributed by atoms with E-state index in [1.54, 1.807) is 12.1 Å². The van der Waals surface area contributed by atoms with Gasteiger partial charge in [0.05, 0.1) is 11.0 Å². The molecule has 0 aromatic carbocycles. The van der Waals surface area contributed by atoms with E-state index in [9.17, 15) is 22.8 Å². The summed E-state index contributed by atoms with van der Waals surface area (Å²) in [4.78, 5) is 40.6. The quantitative estimate of drug-likeness (QED) is 0.459. The lowest BCUT2D eigenvalue weighted by Gasteiger charge is -2.34. The fourth-order valence-electron chi connectivity index (χ4n) is 5.49. The number of nitrogens with one attached hydrogen (secondary N) is 2. The Morgan fingerprint density at radius 2 is 1.95 bits per heavy atom. The number of fused-ring (bicyclic) bond motifs is 4. The lowest BCUT2D eigenvalue weighted by Crippen LogP contribution is -2.45. The van der Waals surface area contributed by atoms with Crippen molar-refractivity contribution >= 4 is 40.6 Å². The van der Waals surface area contributed by atoms with Crippen molar-refractivity contribution in [3.63, 3.8) is 0 Å². The maximum Gasteiger partial charge on any atom is 0.395 e. The summed E-state index contributed by atoms with van der Waals surface area (Å²) >= 11 is 1.01. The molecule has 4 heterocycles. The lowest BCUT2D eigenvalue weighted by atomic mass is 9.92. The number of aromatic nitrogens is 1. The number of anilines is 2. The van der Waals surface area contributed by atoms with Crippen molar-refractivity contribution in [2.75, 3.05) is 42.5 Å². The summed E-state index contributed by atoms with van der Waals surface area (Å²) in [6.45, 7) is 15.4. The topological polar surface area (TPSA) is 93.2 Å². The molecular formula is C28H38F3N7O2S. The van der Waals surface area contributed by atoms with Crippen molar-refractivity contribution in [1.82, 2.24) is 19.9 Å². The van der Waals surface area contributed by atoms with Gasteiger partial charge in [-0.2, -0.15) is 13.2 Å². The maximum absolute atomic E-state index is 13.5. The Morgan fingerprint density at radius 1 is 1.22 bits per heavy atom. The second-order valence-corrected chi connectivity index (χ2v) is 12.8. The maximum atomic E-state index is 13.5. The van der Waals surface area contributed by atoms with Gasteiger partial charge in [-0.1, -0.05) is 13.2 Å². The molecule has 1 aromatic rings. The first-order valence-electron chi connectivity index (χ1n) is 13.7. The normalized spacial score (nSPS) is 23.7. The highest BCUT2D eigenvalue weighted by molar-refractivity contribution is 8.13. The molecule has 1 atom stereocenters. The predicted octanol–water partition coefficient (Wildman–Crippen LogP) is 5.33. The molecule has 4 rings (SSSR count). The third-order valence-electron chi connectivity index (χ3n) is 7.83. The molecule has 9 nitrogen and oxygen atoms in total.